The summed E-state index contributed by atoms with van der Waals surface area (Å²) >= 11 is 0. The van der Waals surface area contributed by atoms with Gasteiger partial charge in [-0.2, -0.15) is 0 Å². The molecule has 1 atom stereocenters. The molecule has 1 N–H and O–H groups in total. The SMILES string of the molecule is Cc1ccc(C(C)C)c(OC(C)C(=O)NCCN(C)C)c1. The van der Waals surface area contributed by atoms with Crippen LogP contribution in [0.5, 0.6) is 5.75 Å². The Morgan fingerprint density at radius 2 is 1.95 bits per heavy atom. The molecule has 1 aromatic carbocycles. The van der Waals surface area contributed by atoms with Crippen molar-refractivity contribution < 1.29 is 9.53 Å². The van der Waals surface area contributed by atoms with Crippen LogP contribution in [-0.4, -0.2) is 44.1 Å². The van der Waals surface area contributed by atoms with Gasteiger partial charge in [-0.15, -0.1) is 0 Å². The summed E-state index contributed by atoms with van der Waals surface area (Å²) in [5.74, 6) is 1.10. The maximum atomic E-state index is 12.0. The molecule has 4 nitrogen and oxygen atoms in total. The van der Waals surface area contributed by atoms with E-state index in [1.54, 1.807) is 6.92 Å². The average Bonchev–Trinajstić information content (AvgIpc) is 2.37. The summed E-state index contributed by atoms with van der Waals surface area (Å²) in [6, 6.07) is 6.15. The number of hydrogen-bond acceptors (Lipinski definition) is 3. The molecule has 0 saturated heterocycles. The number of amides is 1. The molecule has 0 aromatic heterocycles. The fourth-order valence-electron chi connectivity index (χ4n) is 2.01. The monoisotopic (exact) mass is 292 g/mol. The lowest BCUT2D eigenvalue weighted by molar-refractivity contribution is -0.127. The van der Waals surface area contributed by atoms with Crippen molar-refractivity contribution in [3.05, 3.63) is 29.3 Å². The molecule has 0 aliphatic rings. The van der Waals surface area contributed by atoms with E-state index in [0.29, 0.717) is 12.5 Å². The quantitative estimate of drug-likeness (QED) is 0.840. The first kappa shape index (κ1) is 17.5. The molecule has 0 aliphatic heterocycles. The van der Waals surface area contributed by atoms with Crippen molar-refractivity contribution in [2.75, 3.05) is 27.2 Å². The molecule has 0 aliphatic carbocycles. The summed E-state index contributed by atoms with van der Waals surface area (Å²) in [4.78, 5) is 14.1. The highest BCUT2D eigenvalue weighted by molar-refractivity contribution is 5.80. The Morgan fingerprint density at radius 3 is 2.52 bits per heavy atom. The zero-order chi connectivity index (χ0) is 16.0. The summed E-state index contributed by atoms with van der Waals surface area (Å²) < 4.78 is 5.88. The van der Waals surface area contributed by atoms with Gasteiger partial charge in [0, 0.05) is 13.1 Å². The minimum atomic E-state index is -0.494. The van der Waals surface area contributed by atoms with Gasteiger partial charge < -0.3 is 15.0 Å². The van der Waals surface area contributed by atoms with Crippen LogP contribution in [0, 0.1) is 6.92 Å². The van der Waals surface area contributed by atoms with Crippen LogP contribution in [0.1, 0.15) is 37.8 Å². The zero-order valence-corrected chi connectivity index (χ0v) is 14.1. The maximum Gasteiger partial charge on any atom is 0.260 e. The van der Waals surface area contributed by atoms with Gasteiger partial charge in [-0.1, -0.05) is 26.0 Å². The predicted octanol–water partition coefficient (Wildman–Crippen LogP) is 2.56. The standard InChI is InChI=1S/C17H28N2O2/c1-12(2)15-8-7-13(3)11-16(15)21-14(4)17(20)18-9-10-19(5)6/h7-8,11-12,14H,9-10H2,1-6H3,(H,18,20). The third kappa shape index (κ3) is 5.76. The molecule has 0 heterocycles. The van der Waals surface area contributed by atoms with Crippen molar-refractivity contribution in [2.45, 2.75) is 39.7 Å². The summed E-state index contributed by atoms with van der Waals surface area (Å²) in [6.45, 7) is 9.51. The Bertz CT molecular complexity index is 470. The molecule has 1 amide bonds. The van der Waals surface area contributed by atoms with Crippen molar-refractivity contribution in [3.63, 3.8) is 0 Å². The molecule has 0 saturated carbocycles. The Labute approximate surface area is 128 Å². The first-order valence-electron chi connectivity index (χ1n) is 7.51. The fraction of sp³-hybridized carbons (Fsp3) is 0.588. The molecule has 118 valence electrons. The topological polar surface area (TPSA) is 41.6 Å². The number of ether oxygens (including phenoxy) is 1. The number of nitrogens with one attached hydrogen (secondary N) is 1. The van der Waals surface area contributed by atoms with E-state index in [0.717, 1.165) is 23.4 Å². The highest BCUT2D eigenvalue weighted by atomic mass is 16.5. The Morgan fingerprint density at radius 1 is 1.29 bits per heavy atom. The summed E-state index contributed by atoms with van der Waals surface area (Å²) in [5.41, 5.74) is 2.27. The summed E-state index contributed by atoms with van der Waals surface area (Å²) in [6.07, 6.45) is -0.494. The number of carbonyl (C=O) groups is 1. The fourth-order valence-corrected chi connectivity index (χ4v) is 2.01. The van der Waals surface area contributed by atoms with E-state index in [1.807, 2.05) is 32.0 Å². The van der Waals surface area contributed by atoms with E-state index in [1.165, 1.54) is 0 Å². The molecule has 4 heteroatoms. The molecule has 0 spiro atoms. The maximum absolute atomic E-state index is 12.0. The molecule has 0 radical (unpaired) electrons. The molecule has 0 bridgehead atoms. The molecule has 0 fully saturated rings. The number of likely N-dealkylation sites (N-methyl/N-ethyl adjacent to an activating group) is 1. The van der Waals surface area contributed by atoms with Gasteiger partial charge in [-0.3, -0.25) is 4.79 Å². The van der Waals surface area contributed by atoms with Crippen LogP contribution < -0.4 is 10.1 Å². The van der Waals surface area contributed by atoms with Crippen LogP contribution in [0.25, 0.3) is 0 Å². The van der Waals surface area contributed by atoms with Crippen molar-refractivity contribution >= 4 is 5.91 Å². The lowest BCUT2D eigenvalue weighted by Crippen LogP contribution is -2.39. The van der Waals surface area contributed by atoms with Gasteiger partial charge >= 0.3 is 0 Å². The van der Waals surface area contributed by atoms with E-state index >= 15 is 0 Å². The van der Waals surface area contributed by atoms with Gasteiger partial charge in [0.1, 0.15) is 5.75 Å². The van der Waals surface area contributed by atoms with Crippen LogP contribution in [0.2, 0.25) is 0 Å². The van der Waals surface area contributed by atoms with Gasteiger partial charge in [0.25, 0.3) is 5.91 Å². The lowest BCUT2D eigenvalue weighted by Gasteiger charge is -2.19. The minimum absolute atomic E-state index is 0.0759. The van der Waals surface area contributed by atoms with E-state index in [4.69, 9.17) is 4.74 Å². The number of rotatable bonds is 7. The number of carbonyl (C=O) groups excluding carboxylic acids is 1. The van der Waals surface area contributed by atoms with Crippen LogP contribution in [0.4, 0.5) is 0 Å². The third-order valence-electron chi connectivity index (χ3n) is 3.32. The van der Waals surface area contributed by atoms with E-state index < -0.39 is 6.10 Å². The first-order chi connectivity index (χ1) is 9.81. The number of aryl methyl sites for hydroxylation is 1. The second-order valence-corrected chi connectivity index (χ2v) is 6.05. The van der Waals surface area contributed by atoms with Gasteiger partial charge in [0.05, 0.1) is 0 Å². The van der Waals surface area contributed by atoms with Gasteiger partial charge in [0.15, 0.2) is 6.10 Å². The van der Waals surface area contributed by atoms with Gasteiger partial charge in [0.2, 0.25) is 0 Å². The second-order valence-electron chi connectivity index (χ2n) is 6.05. The lowest BCUT2D eigenvalue weighted by atomic mass is 10.0. The Hall–Kier alpha value is -1.55. The molecule has 1 aromatic rings. The van der Waals surface area contributed by atoms with Crippen LogP contribution in [0.3, 0.4) is 0 Å². The van der Waals surface area contributed by atoms with Crippen molar-refractivity contribution in [2.24, 2.45) is 0 Å². The first-order valence-corrected chi connectivity index (χ1v) is 7.51. The second kappa shape index (κ2) is 8.03. The molecule has 1 unspecified atom stereocenters. The van der Waals surface area contributed by atoms with Crippen molar-refractivity contribution in [3.8, 4) is 5.75 Å². The molecular formula is C17H28N2O2. The number of benzene rings is 1. The zero-order valence-electron chi connectivity index (χ0n) is 14.1. The Kier molecular flexibility index (Phi) is 6.69. The van der Waals surface area contributed by atoms with Gasteiger partial charge in [-0.25, -0.2) is 0 Å². The van der Waals surface area contributed by atoms with E-state index in [9.17, 15) is 4.79 Å². The molecule has 1 rings (SSSR count). The molecule has 21 heavy (non-hydrogen) atoms. The van der Waals surface area contributed by atoms with E-state index in [2.05, 4.69) is 31.3 Å². The molecular weight excluding hydrogens is 264 g/mol. The van der Waals surface area contributed by atoms with Crippen molar-refractivity contribution in [1.82, 2.24) is 10.2 Å². The summed E-state index contributed by atoms with van der Waals surface area (Å²) in [5, 5.41) is 2.89. The van der Waals surface area contributed by atoms with Gasteiger partial charge in [-0.05, 0) is 51.1 Å². The predicted molar refractivity (Wildman–Crippen MR) is 86.9 cm³/mol. The largest absolute Gasteiger partial charge is 0.481 e. The third-order valence-corrected chi connectivity index (χ3v) is 3.32. The highest BCUT2D eigenvalue weighted by Crippen LogP contribution is 2.28. The van der Waals surface area contributed by atoms with E-state index in [-0.39, 0.29) is 5.91 Å². The normalized spacial score (nSPS) is 12.6. The number of nitrogens with zero attached hydrogens (tertiary/aromatic N) is 1. The van der Waals surface area contributed by atoms with Crippen LogP contribution >= 0.6 is 0 Å². The van der Waals surface area contributed by atoms with Crippen LogP contribution in [0.15, 0.2) is 18.2 Å². The smallest absolute Gasteiger partial charge is 0.260 e. The minimum Gasteiger partial charge on any atom is -0.481 e. The van der Waals surface area contributed by atoms with Crippen molar-refractivity contribution in [1.29, 1.82) is 0 Å². The Balaban J connectivity index is 2.67. The van der Waals surface area contributed by atoms with Crippen LogP contribution in [-0.2, 0) is 4.79 Å². The summed E-state index contributed by atoms with van der Waals surface area (Å²) in [7, 11) is 3.96. The highest BCUT2D eigenvalue weighted by Gasteiger charge is 2.17. The average molecular weight is 292 g/mol. The number of hydrogen-bond donors (Lipinski definition) is 1.